The molecule has 0 saturated heterocycles. The van der Waals surface area contributed by atoms with Crippen molar-refractivity contribution in [3.05, 3.63) is 88.0 Å². The van der Waals surface area contributed by atoms with Crippen LogP contribution < -0.4 is 16.1 Å². The topological polar surface area (TPSA) is 96.2 Å². The van der Waals surface area contributed by atoms with Crippen molar-refractivity contribution >= 4 is 22.5 Å². The molecule has 2 heterocycles. The maximum absolute atomic E-state index is 13.0. The summed E-state index contributed by atoms with van der Waals surface area (Å²) in [5.74, 6) is -0.421. The second-order valence-electron chi connectivity index (χ2n) is 9.07. The predicted octanol–water partition coefficient (Wildman–Crippen LogP) is 3.80. The summed E-state index contributed by atoms with van der Waals surface area (Å²) < 4.78 is 1.76. The first-order valence-corrected chi connectivity index (χ1v) is 11.2. The Morgan fingerprint density at radius 1 is 1.21 bits per heavy atom. The number of aliphatic hydroxyl groups is 1. The number of benzene rings is 1. The molecule has 0 bridgehead atoms. The number of fused-ring (bicyclic) bond motifs is 1. The van der Waals surface area contributed by atoms with Crippen molar-refractivity contribution in [3.63, 3.8) is 0 Å². The van der Waals surface area contributed by atoms with Crippen molar-refractivity contribution in [3.8, 4) is 5.69 Å². The van der Waals surface area contributed by atoms with Gasteiger partial charge in [0.1, 0.15) is 11.2 Å². The number of aromatic nitrogens is 2. The second-order valence-corrected chi connectivity index (χ2v) is 9.07. The van der Waals surface area contributed by atoms with Crippen LogP contribution in [-0.2, 0) is 0 Å². The third-order valence-electron chi connectivity index (χ3n) is 5.52. The summed E-state index contributed by atoms with van der Waals surface area (Å²) >= 11 is 0. The number of hydrogen-bond acceptors (Lipinski definition) is 5. The lowest BCUT2D eigenvalue weighted by Gasteiger charge is -2.19. The van der Waals surface area contributed by atoms with Crippen LogP contribution in [0.15, 0.2) is 71.4 Å². The Labute approximate surface area is 199 Å². The molecule has 3 rings (SSSR count). The summed E-state index contributed by atoms with van der Waals surface area (Å²) in [7, 11) is 1.82. The minimum absolute atomic E-state index is 0.0587. The highest BCUT2D eigenvalue weighted by atomic mass is 16.3. The third-order valence-corrected chi connectivity index (χ3v) is 5.52. The monoisotopic (exact) mass is 460 g/mol. The molecule has 0 saturated carbocycles. The number of allylic oxidation sites excluding steroid dienone is 2. The highest BCUT2D eigenvalue weighted by Crippen LogP contribution is 2.25. The summed E-state index contributed by atoms with van der Waals surface area (Å²) in [6, 6.07) is 11.0. The molecule has 1 aromatic carbocycles. The molecule has 7 heteroatoms. The maximum Gasteiger partial charge on any atom is 0.256 e. The van der Waals surface area contributed by atoms with Gasteiger partial charge in [-0.3, -0.25) is 9.59 Å². The Morgan fingerprint density at radius 2 is 1.94 bits per heavy atom. The van der Waals surface area contributed by atoms with E-state index >= 15 is 0 Å². The molecule has 0 atom stereocenters. The predicted molar refractivity (Wildman–Crippen MR) is 137 cm³/mol. The Balaban J connectivity index is 2.22. The largest absolute Gasteiger partial charge is 0.393 e. The summed E-state index contributed by atoms with van der Waals surface area (Å²) in [4.78, 5) is 30.3. The van der Waals surface area contributed by atoms with E-state index in [2.05, 4.69) is 15.6 Å². The van der Waals surface area contributed by atoms with E-state index in [0.717, 1.165) is 22.4 Å². The van der Waals surface area contributed by atoms with E-state index in [1.807, 2.05) is 64.4 Å². The molecule has 3 aromatic rings. The molecule has 2 aromatic heterocycles. The third kappa shape index (κ3) is 5.43. The standard InChI is InChI=1S/C27H32N4O3/c1-17(2)30-26(33)23-16-31(25-22(24(23)32)11-8-12-29-25)21-10-7-9-19(14-21)20(15-28-6)13-18(3)27(4,5)34/h7-17,28,34H,1-6H3,(H,30,33)/b18-13+,20-15+. The first-order chi connectivity index (χ1) is 16.0. The smallest absolute Gasteiger partial charge is 0.256 e. The van der Waals surface area contributed by atoms with Gasteiger partial charge in [0.2, 0.25) is 5.43 Å². The van der Waals surface area contributed by atoms with Crippen LogP contribution in [0.2, 0.25) is 0 Å². The molecule has 0 aliphatic rings. The molecule has 0 unspecified atom stereocenters. The number of hydrogen-bond donors (Lipinski definition) is 3. The van der Waals surface area contributed by atoms with Gasteiger partial charge in [0, 0.05) is 37.4 Å². The molecule has 0 spiro atoms. The summed E-state index contributed by atoms with van der Waals surface area (Å²) in [6.07, 6.45) is 6.96. The molecular weight excluding hydrogens is 428 g/mol. The summed E-state index contributed by atoms with van der Waals surface area (Å²) in [5.41, 5.74) is 2.54. The molecule has 0 radical (unpaired) electrons. The van der Waals surface area contributed by atoms with Gasteiger partial charge in [0.05, 0.1) is 11.0 Å². The normalized spacial score (nSPS) is 12.8. The Morgan fingerprint density at radius 3 is 2.59 bits per heavy atom. The van der Waals surface area contributed by atoms with Crippen molar-refractivity contribution < 1.29 is 9.90 Å². The van der Waals surface area contributed by atoms with Crippen LogP contribution in [0.25, 0.3) is 22.3 Å². The molecule has 34 heavy (non-hydrogen) atoms. The summed E-state index contributed by atoms with van der Waals surface area (Å²) in [5, 5.41) is 16.6. The van der Waals surface area contributed by atoms with Gasteiger partial charge in [-0.05, 0) is 75.6 Å². The van der Waals surface area contributed by atoms with Crippen molar-refractivity contribution in [2.45, 2.75) is 46.3 Å². The van der Waals surface area contributed by atoms with Crippen molar-refractivity contribution in [1.82, 2.24) is 20.2 Å². The number of pyridine rings is 2. The number of rotatable bonds is 7. The van der Waals surface area contributed by atoms with Gasteiger partial charge in [0.15, 0.2) is 0 Å². The lowest BCUT2D eigenvalue weighted by molar-refractivity contribution is 0.0941. The van der Waals surface area contributed by atoms with Gasteiger partial charge >= 0.3 is 0 Å². The van der Waals surface area contributed by atoms with Crippen LogP contribution in [0.3, 0.4) is 0 Å². The Kier molecular flexibility index (Phi) is 7.37. The lowest BCUT2D eigenvalue weighted by Crippen LogP contribution is -2.34. The maximum atomic E-state index is 13.0. The molecule has 178 valence electrons. The fraction of sp³-hybridized carbons (Fsp3) is 0.296. The van der Waals surface area contributed by atoms with E-state index in [9.17, 15) is 14.7 Å². The number of nitrogens with one attached hydrogen (secondary N) is 2. The zero-order valence-corrected chi connectivity index (χ0v) is 20.5. The number of carbonyl (C=O) groups is 1. The van der Waals surface area contributed by atoms with E-state index in [1.54, 1.807) is 42.9 Å². The first kappa shape index (κ1) is 24.9. The molecule has 3 N–H and O–H groups in total. The molecule has 0 fully saturated rings. The summed E-state index contributed by atoms with van der Waals surface area (Å²) in [6.45, 7) is 9.07. The average Bonchev–Trinajstić information content (AvgIpc) is 2.78. The van der Waals surface area contributed by atoms with Crippen molar-refractivity contribution in [2.75, 3.05) is 7.05 Å². The Bertz CT molecular complexity index is 1330. The van der Waals surface area contributed by atoms with Gasteiger partial charge in [-0.25, -0.2) is 4.98 Å². The van der Waals surface area contributed by atoms with Gasteiger partial charge in [-0.2, -0.15) is 0 Å². The number of carbonyl (C=O) groups excluding carboxylic acids is 1. The minimum Gasteiger partial charge on any atom is -0.393 e. The van der Waals surface area contributed by atoms with Crippen LogP contribution >= 0.6 is 0 Å². The first-order valence-electron chi connectivity index (χ1n) is 11.2. The average molecular weight is 461 g/mol. The number of nitrogens with zero attached hydrogens (tertiary/aromatic N) is 2. The van der Waals surface area contributed by atoms with E-state index in [1.165, 1.54) is 0 Å². The molecule has 1 amide bonds. The van der Waals surface area contributed by atoms with Crippen LogP contribution in [0.1, 0.15) is 50.5 Å². The van der Waals surface area contributed by atoms with Crippen LogP contribution in [0, 0.1) is 0 Å². The fourth-order valence-electron chi connectivity index (χ4n) is 3.47. The fourth-order valence-corrected chi connectivity index (χ4v) is 3.47. The molecule has 7 nitrogen and oxygen atoms in total. The minimum atomic E-state index is -0.956. The van der Waals surface area contributed by atoms with Gasteiger partial charge in [0.25, 0.3) is 5.91 Å². The van der Waals surface area contributed by atoms with Crippen LogP contribution in [0.4, 0.5) is 0 Å². The van der Waals surface area contributed by atoms with E-state index in [4.69, 9.17) is 0 Å². The Hall–Kier alpha value is -3.71. The quantitative estimate of drug-likeness (QED) is 0.466. The van der Waals surface area contributed by atoms with Crippen molar-refractivity contribution in [1.29, 1.82) is 0 Å². The van der Waals surface area contributed by atoms with Gasteiger partial charge < -0.3 is 20.3 Å². The zero-order chi connectivity index (χ0) is 25.0. The molecule has 0 aliphatic carbocycles. The van der Waals surface area contributed by atoms with E-state index in [0.29, 0.717) is 11.0 Å². The SMILES string of the molecule is CN/C=C(\C=C(/C)C(C)(C)O)c1cccc(-n2cc(C(=O)NC(C)C)c(=O)c3cccnc32)c1. The highest BCUT2D eigenvalue weighted by molar-refractivity contribution is 5.97. The lowest BCUT2D eigenvalue weighted by atomic mass is 9.95. The molecule has 0 aliphatic heterocycles. The van der Waals surface area contributed by atoms with Gasteiger partial charge in [-0.1, -0.05) is 18.2 Å². The van der Waals surface area contributed by atoms with Crippen LogP contribution in [0.5, 0.6) is 0 Å². The van der Waals surface area contributed by atoms with Crippen LogP contribution in [-0.4, -0.2) is 39.3 Å². The zero-order valence-electron chi connectivity index (χ0n) is 20.5. The molecular formula is C27H32N4O3. The second kappa shape index (κ2) is 10.1. The van der Waals surface area contributed by atoms with Crippen molar-refractivity contribution in [2.24, 2.45) is 0 Å². The van der Waals surface area contributed by atoms with Gasteiger partial charge in [-0.15, -0.1) is 0 Å². The highest BCUT2D eigenvalue weighted by Gasteiger charge is 2.18. The van der Waals surface area contributed by atoms with E-state index < -0.39 is 11.5 Å². The van der Waals surface area contributed by atoms with E-state index in [-0.39, 0.29) is 17.0 Å². The number of amides is 1.